The van der Waals surface area contributed by atoms with Gasteiger partial charge in [0.25, 0.3) is 5.97 Å². The number of nitrogens with one attached hydrogen (secondary N) is 8. The first kappa shape index (κ1) is 64.0. The van der Waals surface area contributed by atoms with Gasteiger partial charge in [0.15, 0.2) is 0 Å². The number of H-pyrrole nitrogens is 1. The normalized spacial score (nSPS) is 21.7. The number of aliphatic hydroxyl groups is 3. The van der Waals surface area contributed by atoms with Crippen molar-refractivity contribution in [3.63, 3.8) is 0 Å². The Morgan fingerprint density at radius 2 is 1.28 bits per heavy atom. The molecule has 16 N–H and O–H groups in total. The number of carboxylic acid groups (broad SMARTS) is 1. The Morgan fingerprint density at radius 1 is 0.724 bits per heavy atom. The van der Waals surface area contributed by atoms with Gasteiger partial charge in [-0.25, -0.2) is 0 Å². The van der Waals surface area contributed by atoms with Gasteiger partial charge in [-0.3, -0.25) is 38.4 Å². The SMILES string of the molecule is CC(=O)O.CC(O)[C@@H]1NC(=O)[C@H](CCCCN)NC(=O)[C@@H](Cc2c[nH]c3ccccc23)NC(=O)[C@H](Cc2ccccc2)NC(=O)[C@@H](NC(=O)[C@H](N)Cc2ccccc2)CSSC[C@@H](C(=O)N[C@H](CO)[C@@H](C)O)NC1=O.Cl. The van der Waals surface area contributed by atoms with Gasteiger partial charge in [-0.2, -0.15) is 0 Å². The smallest absolute Gasteiger partial charge is 0.300 e. The van der Waals surface area contributed by atoms with Crippen LogP contribution in [0.15, 0.2) is 91.1 Å². The third-order valence-corrected chi connectivity index (χ3v) is 14.3. The third kappa shape index (κ3) is 21.1. The molecule has 1 aliphatic rings. The maximum atomic E-state index is 14.7. The van der Waals surface area contributed by atoms with Crippen molar-refractivity contribution in [2.24, 2.45) is 11.5 Å². The molecule has 22 nitrogen and oxygen atoms in total. The number of aliphatic carboxylic acids is 1. The number of carbonyl (C=O) groups is 8. The molecular formula is C51H71ClN10O12S2. The van der Waals surface area contributed by atoms with Gasteiger partial charge in [-0.1, -0.05) is 100 Å². The zero-order chi connectivity index (χ0) is 55.0. The van der Waals surface area contributed by atoms with Crippen LogP contribution in [0.5, 0.6) is 0 Å². The van der Waals surface area contributed by atoms with Crippen LogP contribution in [-0.4, -0.2) is 158 Å². The van der Waals surface area contributed by atoms with Crippen molar-refractivity contribution in [3.05, 3.63) is 108 Å². The van der Waals surface area contributed by atoms with E-state index >= 15 is 0 Å². The quantitative estimate of drug-likeness (QED) is 0.0477. The lowest BCUT2D eigenvalue weighted by atomic mass is 10.0. The summed E-state index contributed by atoms with van der Waals surface area (Å²) in [6.45, 7) is 3.31. The molecule has 1 aliphatic heterocycles. The molecule has 4 aromatic rings. The number of halogens is 1. The van der Waals surface area contributed by atoms with Crippen LogP contribution in [0.1, 0.15) is 56.7 Å². The summed E-state index contributed by atoms with van der Waals surface area (Å²) in [6.07, 6.45) is -0.156. The lowest BCUT2D eigenvalue weighted by Gasteiger charge is -2.29. The molecule has 3 aromatic carbocycles. The first-order chi connectivity index (χ1) is 35.8. The number of hydrogen-bond acceptors (Lipinski definition) is 15. The van der Waals surface area contributed by atoms with Crippen molar-refractivity contribution in [2.45, 2.75) is 120 Å². The van der Waals surface area contributed by atoms with E-state index in [2.05, 4.69) is 42.2 Å². The van der Waals surface area contributed by atoms with E-state index in [4.69, 9.17) is 21.4 Å². The number of carboxylic acids is 1. The number of para-hydroxylation sites is 1. The molecule has 1 fully saturated rings. The summed E-state index contributed by atoms with van der Waals surface area (Å²) in [5.74, 6) is -6.84. The van der Waals surface area contributed by atoms with Gasteiger partial charge >= 0.3 is 0 Å². The summed E-state index contributed by atoms with van der Waals surface area (Å²) < 4.78 is 0. The largest absolute Gasteiger partial charge is 0.481 e. The fraction of sp³-hybridized carbons (Fsp3) is 0.451. The minimum atomic E-state index is -1.66. The summed E-state index contributed by atoms with van der Waals surface area (Å²) >= 11 is 0. The van der Waals surface area contributed by atoms with Gasteiger partial charge in [-0.15, -0.1) is 12.4 Å². The van der Waals surface area contributed by atoms with Crippen molar-refractivity contribution >= 4 is 92.2 Å². The molecule has 2 heterocycles. The molecule has 0 saturated carbocycles. The fourth-order valence-electron chi connectivity index (χ4n) is 7.73. The molecule has 7 amide bonds. The summed E-state index contributed by atoms with van der Waals surface area (Å²) in [4.78, 5) is 112. The minimum absolute atomic E-state index is 0. The van der Waals surface area contributed by atoms with Crippen molar-refractivity contribution < 1.29 is 58.8 Å². The van der Waals surface area contributed by atoms with Crippen LogP contribution in [-0.2, 0) is 57.6 Å². The van der Waals surface area contributed by atoms with Crippen LogP contribution < -0.4 is 48.7 Å². The summed E-state index contributed by atoms with van der Waals surface area (Å²) in [5, 5.41) is 57.9. The van der Waals surface area contributed by atoms with Crippen molar-refractivity contribution in [2.75, 3.05) is 24.7 Å². The Bertz CT molecular complexity index is 2510. The molecule has 5 rings (SSSR count). The lowest BCUT2D eigenvalue weighted by Crippen LogP contribution is -2.62. The number of fused-ring (bicyclic) bond motifs is 1. The number of hydrogen-bond donors (Lipinski definition) is 14. The second kappa shape index (κ2) is 33.0. The first-order valence-corrected chi connectivity index (χ1v) is 26.9. The highest BCUT2D eigenvalue weighted by Gasteiger charge is 2.36. The Kier molecular flexibility index (Phi) is 27.8. The molecule has 1 aromatic heterocycles. The maximum Gasteiger partial charge on any atom is 0.300 e. The van der Waals surface area contributed by atoms with E-state index in [-0.39, 0.29) is 56.1 Å². The number of aliphatic hydroxyl groups excluding tert-OH is 3. The fourth-order valence-corrected chi connectivity index (χ4v) is 10.1. The minimum Gasteiger partial charge on any atom is -0.481 e. The first-order valence-electron chi connectivity index (χ1n) is 24.4. The van der Waals surface area contributed by atoms with Gasteiger partial charge in [0.05, 0.1) is 30.9 Å². The van der Waals surface area contributed by atoms with E-state index in [1.165, 1.54) is 13.8 Å². The standard InChI is InChI=1S/C49H66N10O10S2.C2H4O2.ClH/c1-28(61)39(25-60)56-48(68)41-27-71-70-26-40(57-43(63)34(51)21-30-13-5-3-6-14-30)47(67)54-37(22-31-15-7-4-8-16-31)45(65)55-38(23-32-24-52-35-18-10-9-17-33(32)35)46(66)53-36(19-11-12-20-50)44(64)59-42(29(2)62)49(69)58-41;1-2(3)4;/h3-10,13-18,24,28-29,34,36-42,52,60-62H,11-12,19-23,25-27,50-51H2,1-2H3,(H,53,66)(H,54,67)(H,55,65)(H,56,68)(H,57,63)(H,58,69)(H,59,64);1H3,(H,3,4);1H/t28-,29?,34-,36+,37+,38-,39-,40+,41+,42+;;/m1../s1. The van der Waals surface area contributed by atoms with E-state index in [0.29, 0.717) is 24.0 Å². The van der Waals surface area contributed by atoms with Crippen LogP contribution in [0.2, 0.25) is 0 Å². The van der Waals surface area contributed by atoms with Gasteiger partial charge in [0, 0.05) is 48.4 Å². The summed E-state index contributed by atoms with van der Waals surface area (Å²) in [7, 11) is 2.06. The molecule has 0 bridgehead atoms. The topological polar surface area (TPSA) is 370 Å². The second-order valence-electron chi connectivity index (χ2n) is 18.0. The van der Waals surface area contributed by atoms with Crippen LogP contribution in [0.4, 0.5) is 0 Å². The molecule has 416 valence electrons. The van der Waals surface area contributed by atoms with Crippen LogP contribution in [0.3, 0.4) is 0 Å². The van der Waals surface area contributed by atoms with E-state index in [9.17, 15) is 48.9 Å². The maximum absolute atomic E-state index is 14.7. The molecule has 1 saturated heterocycles. The highest BCUT2D eigenvalue weighted by atomic mass is 35.5. The number of rotatable bonds is 17. The van der Waals surface area contributed by atoms with E-state index < -0.39 is 114 Å². The number of benzene rings is 3. The molecule has 10 atom stereocenters. The average Bonchev–Trinajstić information content (AvgIpc) is 3.78. The van der Waals surface area contributed by atoms with E-state index in [1.54, 1.807) is 60.8 Å². The molecule has 25 heteroatoms. The Morgan fingerprint density at radius 3 is 1.88 bits per heavy atom. The molecular weight excluding hydrogens is 1040 g/mol. The molecule has 0 aliphatic carbocycles. The van der Waals surface area contributed by atoms with Gasteiger partial charge < -0.3 is 74.1 Å². The predicted molar refractivity (Wildman–Crippen MR) is 293 cm³/mol. The zero-order valence-corrected chi connectivity index (χ0v) is 44.9. The number of unbranched alkanes of at least 4 members (excludes halogenated alkanes) is 1. The van der Waals surface area contributed by atoms with E-state index in [0.717, 1.165) is 45.0 Å². The molecule has 0 radical (unpaired) electrons. The average molecular weight is 1120 g/mol. The molecule has 76 heavy (non-hydrogen) atoms. The summed E-state index contributed by atoms with van der Waals surface area (Å²) in [6, 6.07) is 14.6. The van der Waals surface area contributed by atoms with Crippen LogP contribution in [0, 0.1) is 0 Å². The zero-order valence-electron chi connectivity index (χ0n) is 42.4. The summed E-state index contributed by atoms with van der Waals surface area (Å²) in [5.41, 5.74) is 15.0. The van der Waals surface area contributed by atoms with Gasteiger partial charge in [-0.05, 0) is 68.8 Å². The number of aromatic amines is 1. The van der Waals surface area contributed by atoms with Crippen molar-refractivity contribution in [1.29, 1.82) is 0 Å². The monoisotopic (exact) mass is 1110 g/mol. The van der Waals surface area contributed by atoms with Gasteiger partial charge in [0.2, 0.25) is 41.4 Å². The Balaban J connectivity index is 0.00000293. The third-order valence-electron chi connectivity index (χ3n) is 11.9. The van der Waals surface area contributed by atoms with Gasteiger partial charge in [0.1, 0.15) is 36.3 Å². The molecule has 1 unspecified atom stereocenters. The van der Waals surface area contributed by atoms with Crippen LogP contribution >= 0.6 is 34.0 Å². The second-order valence-corrected chi connectivity index (χ2v) is 20.5. The highest BCUT2D eigenvalue weighted by Crippen LogP contribution is 2.24. The predicted octanol–water partition coefficient (Wildman–Crippen LogP) is -0.293. The van der Waals surface area contributed by atoms with Crippen molar-refractivity contribution in [1.82, 2.24) is 42.2 Å². The Labute approximate surface area is 455 Å². The van der Waals surface area contributed by atoms with Crippen molar-refractivity contribution in [3.8, 4) is 0 Å². The Hall–Kier alpha value is -6.25. The van der Waals surface area contributed by atoms with Crippen LogP contribution in [0.25, 0.3) is 10.9 Å². The number of carbonyl (C=O) groups excluding carboxylic acids is 7. The number of amides is 7. The number of nitrogens with two attached hydrogens (primary N) is 2. The van der Waals surface area contributed by atoms with E-state index in [1.807, 2.05) is 30.3 Å². The highest BCUT2D eigenvalue weighted by molar-refractivity contribution is 8.76. The lowest BCUT2D eigenvalue weighted by molar-refractivity contribution is -0.136. The molecule has 0 spiro atoms. The number of aromatic nitrogens is 1.